The minimum Gasteiger partial charge on any atom is -0.508 e. The number of amides is 1. The van der Waals surface area contributed by atoms with Crippen LogP contribution in [0.25, 0.3) is 10.8 Å². The van der Waals surface area contributed by atoms with Crippen LogP contribution in [0, 0.1) is 11.3 Å². The van der Waals surface area contributed by atoms with Crippen LogP contribution >= 0.6 is 0 Å². The van der Waals surface area contributed by atoms with E-state index in [-0.39, 0.29) is 24.1 Å². The number of piperazine rings is 1. The lowest BCUT2D eigenvalue weighted by Crippen LogP contribution is -2.55. The monoisotopic (exact) mass is 568 g/mol. The van der Waals surface area contributed by atoms with Gasteiger partial charge in [-0.25, -0.2) is 0 Å². The number of nitriles is 1. The molecule has 0 unspecified atom stereocenters. The van der Waals surface area contributed by atoms with Gasteiger partial charge in [0.05, 0.1) is 50.1 Å². The molecule has 3 aromatic rings. The molecule has 1 amide bonds. The van der Waals surface area contributed by atoms with Crippen molar-refractivity contribution in [1.82, 2.24) is 14.9 Å². The molecule has 0 radical (unpaired) electrons. The van der Waals surface area contributed by atoms with Crippen LogP contribution in [0.5, 0.6) is 11.8 Å². The number of benzene rings is 2. The van der Waals surface area contributed by atoms with E-state index in [1.807, 2.05) is 24.3 Å². The number of anilines is 2. The summed E-state index contributed by atoms with van der Waals surface area (Å²) in [5.41, 5.74) is 2.89. The Morgan fingerprint density at radius 2 is 2.00 bits per heavy atom. The summed E-state index contributed by atoms with van der Waals surface area (Å²) in [6.45, 7) is 7.55. The predicted octanol–water partition coefficient (Wildman–Crippen LogP) is 3.96. The van der Waals surface area contributed by atoms with Crippen molar-refractivity contribution in [3.05, 3.63) is 60.3 Å². The molecule has 10 heteroatoms. The SMILES string of the molecule is C=CC(=O)N1CCN(c2nc(OCCCOC3CC3)nc3c2CCN(c2cc(O)cc4ccccc24)C3)C[C@@H]1CC#N. The normalized spacial score (nSPS) is 18.5. The molecule has 1 aromatic heterocycles. The van der Waals surface area contributed by atoms with Gasteiger partial charge < -0.3 is 29.3 Å². The number of phenols is 1. The van der Waals surface area contributed by atoms with Gasteiger partial charge in [-0.2, -0.15) is 15.2 Å². The lowest BCUT2D eigenvalue weighted by molar-refractivity contribution is -0.128. The van der Waals surface area contributed by atoms with E-state index in [0.29, 0.717) is 57.9 Å². The molecule has 2 aromatic carbocycles. The predicted molar refractivity (Wildman–Crippen MR) is 160 cm³/mol. The summed E-state index contributed by atoms with van der Waals surface area (Å²) in [6.07, 6.45) is 5.68. The van der Waals surface area contributed by atoms with Gasteiger partial charge in [0.1, 0.15) is 11.6 Å². The van der Waals surface area contributed by atoms with Crippen molar-refractivity contribution >= 4 is 28.2 Å². The molecule has 6 rings (SSSR count). The zero-order valence-electron chi connectivity index (χ0n) is 23.7. The first-order valence-corrected chi connectivity index (χ1v) is 14.7. The van der Waals surface area contributed by atoms with E-state index in [4.69, 9.17) is 19.4 Å². The molecule has 0 spiro atoms. The molecule has 0 bridgehead atoms. The van der Waals surface area contributed by atoms with Gasteiger partial charge in [0.15, 0.2) is 0 Å². The Balaban J connectivity index is 1.29. The van der Waals surface area contributed by atoms with E-state index in [9.17, 15) is 15.2 Å². The van der Waals surface area contributed by atoms with E-state index in [1.165, 1.54) is 6.08 Å². The van der Waals surface area contributed by atoms with Crippen LogP contribution in [0.3, 0.4) is 0 Å². The highest BCUT2D eigenvalue weighted by Crippen LogP contribution is 2.36. The molecule has 1 saturated carbocycles. The first-order valence-electron chi connectivity index (χ1n) is 14.7. The number of hydrogen-bond acceptors (Lipinski definition) is 9. The van der Waals surface area contributed by atoms with Crippen molar-refractivity contribution in [2.45, 2.75) is 50.8 Å². The molecule has 1 atom stereocenters. The summed E-state index contributed by atoms with van der Waals surface area (Å²) in [5.74, 6) is 0.870. The third-order valence-electron chi connectivity index (χ3n) is 8.15. The standard InChI is InChI=1S/C32H36N6O4/c1-2-30(40)38-15-14-37(20-23(38)10-12-33)31-27-11-13-36(29-19-24(39)18-22-6-3-4-7-26(22)29)21-28(27)34-32(35-31)42-17-5-16-41-25-8-9-25/h2-4,6-7,18-19,23,25,39H,1,5,8-11,13-17,20-21H2/t23-/m0/s1. The molecule has 3 aliphatic rings. The Morgan fingerprint density at radius 1 is 1.14 bits per heavy atom. The Labute approximate surface area is 245 Å². The fourth-order valence-electron chi connectivity index (χ4n) is 5.90. The highest BCUT2D eigenvalue weighted by molar-refractivity contribution is 5.95. The number of fused-ring (bicyclic) bond motifs is 2. The molecule has 1 aliphatic carbocycles. The fraction of sp³-hybridized carbons (Fsp3) is 0.438. The molecule has 1 N–H and O–H groups in total. The molecule has 1 saturated heterocycles. The Morgan fingerprint density at radius 3 is 2.81 bits per heavy atom. The molecule has 10 nitrogen and oxygen atoms in total. The van der Waals surface area contributed by atoms with Crippen LogP contribution in [0.4, 0.5) is 11.5 Å². The first-order chi connectivity index (χ1) is 20.5. The highest BCUT2D eigenvalue weighted by atomic mass is 16.5. The summed E-state index contributed by atoms with van der Waals surface area (Å²) in [7, 11) is 0. The summed E-state index contributed by atoms with van der Waals surface area (Å²) in [4.78, 5) is 28.4. The number of ether oxygens (including phenoxy) is 2. The summed E-state index contributed by atoms with van der Waals surface area (Å²) in [5, 5.41) is 22.0. The van der Waals surface area contributed by atoms with Gasteiger partial charge in [0.25, 0.3) is 0 Å². The minimum atomic E-state index is -0.262. The van der Waals surface area contributed by atoms with Gasteiger partial charge in [-0.3, -0.25) is 4.79 Å². The molecule has 3 heterocycles. The van der Waals surface area contributed by atoms with Crippen LogP contribution in [0.2, 0.25) is 0 Å². The van der Waals surface area contributed by atoms with Gasteiger partial charge in [-0.15, -0.1) is 0 Å². The Hall–Kier alpha value is -4.36. The van der Waals surface area contributed by atoms with E-state index in [1.54, 1.807) is 11.0 Å². The third-order valence-corrected chi connectivity index (χ3v) is 8.15. The summed E-state index contributed by atoms with van der Waals surface area (Å²) < 4.78 is 11.8. The minimum absolute atomic E-state index is 0.161. The zero-order chi connectivity index (χ0) is 29.1. The molecular formula is C32H36N6O4. The number of hydrogen-bond donors (Lipinski definition) is 1. The maximum absolute atomic E-state index is 12.5. The topological polar surface area (TPSA) is 115 Å². The van der Waals surface area contributed by atoms with Gasteiger partial charge >= 0.3 is 6.01 Å². The zero-order valence-corrected chi connectivity index (χ0v) is 23.7. The van der Waals surface area contributed by atoms with Crippen LogP contribution in [0.1, 0.15) is 36.9 Å². The van der Waals surface area contributed by atoms with Crippen molar-refractivity contribution in [2.75, 3.05) is 49.2 Å². The van der Waals surface area contributed by atoms with Crippen LogP contribution in [0.15, 0.2) is 49.1 Å². The van der Waals surface area contributed by atoms with Crippen LogP contribution in [-0.4, -0.2) is 77.4 Å². The number of carbonyl (C=O) groups is 1. The smallest absolute Gasteiger partial charge is 0.318 e. The van der Waals surface area contributed by atoms with Crippen LogP contribution < -0.4 is 14.5 Å². The second-order valence-electron chi connectivity index (χ2n) is 11.1. The van der Waals surface area contributed by atoms with Crippen molar-refractivity contribution in [3.63, 3.8) is 0 Å². The van der Waals surface area contributed by atoms with Gasteiger partial charge in [0, 0.05) is 55.3 Å². The van der Waals surface area contributed by atoms with Gasteiger partial charge in [0.2, 0.25) is 5.91 Å². The molecule has 2 aliphatic heterocycles. The van der Waals surface area contributed by atoms with Crippen molar-refractivity contribution < 1.29 is 19.4 Å². The molecule has 218 valence electrons. The van der Waals surface area contributed by atoms with E-state index < -0.39 is 0 Å². The number of rotatable bonds is 10. The first kappa shape index (κ1) is 27.8. The van der Waals surface area contributed by atoms with E-state index in [2.05, 4.69) is 28.5 Å². The second kappa shape index (κ2) is 12.2. The average molecular weight is 569 g/mol. The number of nitrogens with zero attached hydrogens (tertiary/aromatic N) is 6. The van der Waals surface area contributed by atoms with Gasteiger partial charge in [-0.05, 0) is 36.8 Å². The van der Waals surface area contributed by atoms with Crippen molar-refractivity contribution in [3.8, 4) is 17.8 Å². The highest BCUT2D eigenvalue weighted by Gasteiger charge is 2.33. The Kier molecular flexibility index (Phi) is 8.11. The summed E-state index contributed by atoms with van der Waals surface area (Å²) in [6, 6.07) is 13.9. The number of aromatic hydroxyl groups is 1. The Bertz CT molecular complexity index is 1520. The largest absolute Gasteiger partial charge is 0.508 e. The number of aromatic nitrogens is 2. The molecular weight excluding hydrogens is 532 g/mol. The lowest BCUT2D eigenvalue weighted by Gasteiger charge is -2.42. The van der Waals surface area contributed by atoms with E-state index >= 15 is 0 Å². The summed E-state index contributed by atoms with van der Waals surface area (Å²) >= 11 is 0. The maximum atomic E-state index is 12.5. The maximum Gasteiger partial charge on any atom is 0.318 e. The van der Waals surface area contributed by atoms with Crippen molar-refractivity contribution in [1.29, 1.82) is 5.26 Å². The fourth-order valence-corrected chi connectivity index (χ4v) is 5.90. The number of carbonyl (C=O) groups excluding carboxylic acids is 1. The second-order valence-corrected chi connectivity index (χ2v) is 11.1. The molecule has 42 heavy (non-hydrogen) atoms. The third kappa shape index (κ3) is 5.97. The number of phenolic OH excluding ortho intramolecular Hbond substituents is 1. The molecule has 2 fully saturated rings. The van der Waals surface area contributed by atoms with Gasteiger partial charge in [-0.1, -0.05) is 30.8 Å². The van der Waals surface area contributed by atoms with E-state index in [0.717, 1.165) is 59.3 Å². The van der Waals surface area contributed by atoms with Crippen molar-refractivity contribution in [2.24, 2.45) is 0 Å². The van der Waals surface area contributed by atoms with Crippen LogP contribution in [-0.2, 0) is 22.5 Å². The lowest BCUT2D eigenvalue weighted by atomic mass is 10.0. The quantitative estimate of drug-likeness (QED) is 0.287. The average Bonchev–Trinajstić information content (AvgIpc) is 3.84.